The lowest BCUT2D eigenvalue weighted by molar-refractivity contribution is 0.349. The van der Waals surface area contributed by atoms with Crippen LogP contribution in [0.4, 0.5) is 0 Å². The van der Waals surface area contributed by atoms with Crippen LogP contribution in [0.3, 0.4) is 0 Å². The fourth-order valence-corrected chi connectivity index (χ4v) is 2.21. The molecule has 0 aromatic heterocycles. The first-order valence-electron chi connectivity index (χ1n) is 8.85. The highest BCUT2D eigenvalue weighted by molar-refractivity contribution is 4.57. The van der Waals surface area contributed by atoms with Crippen molar-refractivity contribution >= 4 is 0 Å². The van der Waals surface area contributed by atoms with Gasteiger partial charge in [0.05, 0.1) is 0 Å². The van der Waals surface area contributed by atoms with Crippen LogP contribution in [0.2, 0.25) is 0 Å². The SMILES string of the molecule is CC.CCCCCCC(C)C.CN1CCCCCC1. The maximum atomic E-state index is 2.42. The molecular weight excluding hydrogens is 230 g/mol. The van der Waals surface area contributed by atoms with Crippen molar-refractivity contribution in [2.45, 2.75) is 92.4 Å². The van der Waals surface area contributed by atoms with Crippen LogP contribution in [0.1, 0.15) is 92.4 Å². The van der Waals surface area contributed by atoms with E-state index in [0.29, 0.717) is 0 Å². The Kier molecular flexibility index (Phi) is 20.1. The van der Waals surface area contributed by atoms with Crippen LogP contribution < -0.4 is 0 Å². The van der Waals surface area contributed by atoms with Gasteiger partial charge in [-0.15, -0.1) is 0 Å². The van der Waals surface area contributed by atoms with E-state index in [1.54, 1.807) is 0 Å². The van der Waals surface area contributed by atoms with E-state index in [-0.39, 0.29) is 0 Å². The van der Waals surface area contributed by atoms with Crippen LogP contribution in [0.5, 0.6) is 0 Å². The molecule has 0 N–H and O–H groups in total. The van der Waals surface area contributed by atoms with Crippen LogP contribution in [0, 0.1) is 5.92 Å². The minimum Gasteiger partial charge on any atom is -0.306 e. The zero-order valence-corrected chi connectivity index (χ0v) is 14.8. The lowest BCUT2D eigenvalue weighted by Crippen LogP contribution is -2.18. The van der Waals surface area contributed by atoms with Crippen molar-refractivity contribution in [1.82, 2.24) is 4.90 Å². The molecule has 1 aliphatic rings. The van der Waals surface area contributed by atoms with Crippen LogP contribution in [-0.2, 0) is 0 Å². The van der Waals surface area contributed by atoms with Gasteiger partial charge in [0.2, 0.25) is 0 Å². The first-order valence-corrected chi connectivity index (χ1v) is 8.85. The average molecular weight is 272 g/mol. The Morgan fingerprint density at radius 2 is 1.37 bits per heavy atom. The third-order valence-corrected chi connectivity index (χ3v) is 3.46. The molecule has 1 heteroatoms. The first-order chi connectivity index (χ1) is 9.16. The van der Waals surface area contributed by atoms with E-state index in [4.69, 9.17) is 0 Å². The summed E-state index contributed by atoms with van der Waals surface area (Å²) in [6, 6.07) is 0. The van der Waals surface area contributed by atoms with Crippen LogP contribution in [0.15, 0.2) is 0 Å². The summed E-state index contributed by atoms with van der Waals surface area (Å²) < 4.78 is 0. The number of hydrogen-bond acceptors (Lipinski definition) is 1. The van der Waals surface area contributed by atoms with Gasteiger partial charge >= 0.3 is 0 Å². The fourth-order valence-electron chi connectivity index (χ4n) is 2.21. The lowest BCUT2D eigenvalue weighted by atomic mass is 10.1. The second kappa shape index (κ2) is 18.0. The van der Waals surface area contributed by atoms with Crippen molar-refractivity contribution in [2.24, 2.45) is 5.92 Å². The van der Waals surface area contributed by atoms with Crippen LogP contribution in [0.25, 0.3) is 0 Å². The summed E-state index contributed by atoms with van der Waals surface area (Å²) >= 11 is 0. The maximum absolute atomic E-state index is 2.42. The number of nitrogens with zero attached hydrogens (tertiary/aromatic N) is 1. The molecule has 0 aromatic carbocycles. The van der Waals surface area contributed by atoms with Gasteiger partial charge in [0.15, 0.2) is 0 Å². The summed E-state index contributed by atoms with van der Waals surface area (Å²) in [5.41, 5.74) is 0. The third-order valence-electron chi connectivity index (χ3n) is 3.46. The quantitative estimate of drug-likeness (QED) is 0.544. The topological polar surface area (TPSA) is 3.24 Å². The molecule has 19 heavy (non-hydrogen) atoms. The molecular formula is C18H41N. The molecule has 1 nitrogen and oxygen atoms in total. The maximum Gasteiger partial charge on any atom is -0.00218 e. The molecule has 1 rings (SSSR count). The van der Waals surface area contributed by atoms with Gasteiger partial charge < -0.3 is 4.90 Å². The molecule has 0 atom stereocenters. The first kappa shape index (κ1) is 21.3. The van der Waals surface area contributed by atoms with Gasteiger partial charge in [0, 0.05) is 0 Å². The zero-order valence-electron chi connectivity index (χ0n) is 14.8. The van der Waals surface area contributed by atoms with Gasteiger partial charge in [0.1, 0.15) is 0 Å². The number of unbranched alkanes of at least 4 members (excludes halogenated alkanes) is 3. The molecule has 1 fully saturated rings. The molecule has 1 aliphatic heterocycles. The molecule has 1 saturated heterocycles. The van der Waals surface area contributed by atoms with Crippen molar-refractivity contribution < 1.29 is 0 Å². The highest BCUT2D eigenvalue weighted by Crippen LogP contribution is 2.08. The molecule has 0 amide bonds. The van der Waals surface area contributed by atoms with Crippen molar-refractivity contribution in [2.75, 3.05) is 20.1 Å². The second-order valence-electron chi connectivity index (χ2n) is 5.96. The third kappa shape index (κ3) is 20.4. The highest BCUT2D eigenvalue weighted by Gasteiger charge is 2.01. The molecule has 118 valence electrons. The van der Waals surface area contributed by atoms with Crippen molar-refractivity contribution in [3.8, 4) is 0 Å². The van der Waals surface area contributed by atoms with E-state index < -0.39 is 0 Å². The predicted molar refractivity (Wildman–Crippen MR) is 90.9 cm³/mol. The van der Waals surface area contributed by atoms with E-state index in [0.717, 1.165) is 5.92 Å². The largest absolute Gasteiger partial charge is 0.306 e. The van der Waals surface area contributed by atoms with Gasteiger partial charge in [-0.25, -0.2) is 0 Å². The van der Waals surface area contributed by atoms with Gasteiger partial charge in [-0.05, 0) is 38.9 Å². The summed E-state index contributed by atoms with van der Waals surface area (Å²) in [7, 11) is 2.21. The second-order valence-corrected chi connectivity index (χ2v) is 5.96. The predicted octanol–water partition coefficient (Wildman–Crippen LogP) is 6.13. The van der Waals surface area contributed by atoms with Crippen LogP contribution >= 0.6 is 0 Å². The molecule has 0 saturated carbocycles. The molecule has 0 radical (unpaired) electrons. The van der Waals surface area contributed by atoms with E-state index in [2.05, 4.69) is 32.7 Å². The minimum absolute atomic E-state index is 0.904. The van der Waals surface area contributed by atoms with Crippen molar-refractivity contribution in [1.29, 1.82) is 0 Å². The van der Waals surface area contributed by atoms with Gasteiger partial charge in [-0.2, -0.15) is 0 Å². The fraction of sp³-hybridized carbons (Fsp3) is 1.00. The van der Waals surface area contributed by atoms with Crippen molar-refractivity contribution in [3.63, 3.8) is 0 Å². The standard InChI is InChI=1S/C9H20.C7H15N.C2H6/c1-4-5-6-7-8-9(2)3;1-8-6-4-2-3-5-7-8;1-2/h9H,4-8H2,1-3H3;2-7H2,1H3;1-2H3. The molecule has 0 spiro atoms. The minimum atomic E-state index is 0.904. The highest BCUT2D eigenvalue weighted by atomic mass is 15.1. The van der Waals surface area contributed by atoms with Crippen molar-refractivity contribution in [3.05, 3.63) is 0 Å². The summed E-state index contributed by atoms with van der Waals surface area (Å²) in [6.07, 6.45) is 12.8. The number of hydrogen-bond donors (Lipinski definition) is 0. The lowest BCUT2D eigenvalue weighted by Gasteiger charge is -2.10. The van der Waals surface area contributed by atoms with Gasteiger partial charge in [-0.1, -0.05) is 79.6 Å². The Morgan fingerprint density at radius 3 is 1.79 bits per heavy atom. The summed E-state index contributed by atoms with van der Waals surface area (Å²) in [5, 5.41) is 0. The van der Waals surface area contributed by atoms with E-state index in [1.165, 1.54) is 70.9 Å². The molecule has 0 aliphatic carbocycles. The Morgan fingerprint density at radius 1 is 0.842 bits per heavy atom. The normalized spacial score (nSPS) is 15.9. The summed E-state index contributed by atoms with van der Waals surface area (Å²) in [6.45, 7) is 13.5. The molecule has 0 unspecified atom stereocenters. The summed E-state index contributed by atoms with van der Waals surface area (Å²) in [4.78, 5) is 2.42. The number of rotatable bonds is 5. The smallest absolute Gasteiger partial charge is 0.00218 e. The van der Waals surface area contributed by atoms with E-state index in [1.807, 2.05) is 13.8 Å². The Labute approximate surface area is 124 Å². The van der Waals surface area contributed by atoms with E-state index in [9.17, 15) is 0 Å². The monoisotopic (exact) mass is 271 g/mol. The molecule has 0 bridgehead atoms. The Hall–Kier alpha value is -0.0400. The average Bonchev–Trinajstić information content (AvgIpc) is 2.65. The molecule has 0 aromatic rings. The van der Waals surface area contributed by atoms with Crippen LogP contribution in [-0.4, -0.2) is 25.0 Å². The van der Waals surface area contributed by atoms with Gasteiger partial charge in [0.25, 0.3) is 0 Å². The Balaban J connectivity index is 0. The van der Waals surface area contributed by atoms with E-state index >= 15 is 0 Å². The van der Waals surface area contributed by atoms with Gasteiger partial charge in [-0.3, -0.25) is 0 Å². The zero-order chi connectivity index (χ0) is 14.9. The summed E-state index contributed by atoms with van der Waals surface area (Å²) in [5.74, 6) is 0.904. The molecule has 1 heterocycles. The number of likely N-dealkylation sites (tertiary alicyclic amines) is 1. The Bertz CT molecular complexity index is 135.